The molecule has 2 aliphatic rings. The minimum absolute atomic E-state index is 0.0963. The first kappa shape index (κ1) is 29.8. The van der Waals surface area contributed by atoms with Crippen molar-refractivity contribution in [3.63, 3.8) is 0 Å². The van der Waals surface area contributed by atoms with Gasteiger partial charge in [-0.15, -0.1) is 0 Å². The smallest absolute Gasteiger partial charge is 0.418 e. The molecule has 2 heterocycles. The normalized spacial score (nSPS) is 17.9. The fraction of sp³-hybridized carbons (Fsp3) is 0.414. The van der Waals surface area contributed by atoms with E-state index in [9.17, 15) is 32.7 Å². The zero-order chi connectivity index (χ0) is 29.9. The molecule has 41 heavy (non-hydrogen) atoms. The average molecular weight is 575 g/mol. The second-order valence-corrected chi connectivity index (χ2v) is 10.9. The van der Waals surface area contributed by atoms with Crippen molar-refractivity contribution in [1.29, 1.82) is 0 Å². The van der Waals surface area contributed by atoms with Crippen molar-refractivity contribution in [2.24, 2.45) is 0 Å². The predicted molar refractivity (Wildman–Crippen MR) is 146 cm³/mol. The van der Waals surface area contributed by atoms with Crippen LogP contribution >= 0.6 is 0 Å². The van der Waals surface area contributed by atoms with Crippen LogP contribution < -0.4 is 15.5 Å². The molecule has 0 radical (unpaired) electrons. The molecule has 12 heteroatoms. The van der Waals surface area contributed by atoms with Gasteiger partial charge in [-0.1, -0.05) is 30.3 Å². The Bertz CT molecular complexity index is 1330. The molecule has 3 amide bonds. The number of amides is 3. The topological polar surface area (TPSA) is 111 Å². The summed E-state index contributed by atoms with van der Waals surface area (Å²) in [5.74, 6) is -2.25. The largest absolute Gasteiger partial charge is 0.509 e. The van der Waals surface area contributed by atoms with Crippen molar-refractivity contribution in [2.75, 3.05) is 36.4 Å². The molecule has 0 aliphatic carbocycles. The van der Waals surface area contributed by atoms with E-state index >= 15 is 0 Å². The van der Waals surface area contributed by atoms with Crippen LogP contribution in [0.1, 0.15) is 38.3 Å². The molecule has 0 aromatic heterocycles. The molecule has 0 bridgehead atoms. The van der Waals surface area contributed by atoms with Crippen molar-refractivity contribution in [3.05, 3.63) is 71.0 Å². The van der Waals surface area contributed by atoms with Gasteiger partial charge in [-0.2, -0.15) is 13.2 Å². The summed E-state index contributed by atoms with van der Waals surface area (Å²) >= 11 is 0. The zero-order valence-corrected chi connectivity index (χ0v) is 23.0. The number of anilines is 2. The molecule has 1 unspecified atom stereocenters. The molecule has 9 nitrogen and oxygen atoms in total. The highest BCUT2D eigenvalue weighted by Crippen LogP contribution is 2.39. The second-order valence-electron chi connectivity index (χ2n) is 10.9. The number of carbonyl (C=O) groups excluding carboxylic acids is 3. The monoisotopic (exact) mass is 574 g/mol. The van der Waals surface area contributed by atoms with E-state index in [1.807, 2.05) is 30.3 Å². The first-order valence-corrected chi connectivity index (χ1v) is 13.3. The van der Waals surface area contributed by atoms with Gasteiger partial charge in [-0.3, -0.25) is 9.59 Å². The third-order valence-corrected chi connectivity index (χ3v) is 6.74. The fourth-order valence-corrected chi connectivity index (χ4v) is 4.74. The number of halogens is 3. The van der Waals surface area contributed by atoms with E-state index in [4.69, 9.17) is 4.74 Å². The number of piperazine rings is 1. The summed E-state index contributed by atoms with van der Waals surface area (Å²) in [4.78, 5) is 40.6. The van der Waals surface area contributed by atoms with E-state index in [1.54, 1.807) is 20.8 Å². The van der Waals surface area contributed by atoms with Crippen molar-refractivity contribution < 1.29 is 37.4 Å². The van der Waals surface area contributed by atoms with E-state index in [0.29, 0.717) is 12.8 Å². The van der Waals surface area contributed by atoms with Gasteiger partial charge in [-0.05, 0) is 57.4 Å². The number of benzene rings is 2. The molecule has 2 aliphatic heterocycles. The Morgan fingerprint density at radius 2 is 1.71 bits per heavy atom. The Labute approximate surface area is 235 Å². The summed E-state index contributed by atoms with van der Waals surface area (Å²) in [5, 5.41) is 15.5. The quantitative estimate of drug-likeness (QED) is 0.434. The van der Waals surface area contributed by atoms with Gasteiger partial charge in [0, 0.05) is 37.6 Å². The molecule has 3 N–H and O–H groups in total. The Morgan fingerprint density at radius 3 is 2.32 bits per heavy atom. The number of carbonyl (C=O) groups is 3. The summed E-state index contributed by atoms with van der Waals surface area (Å²) in [6.45, 7) is 5.87. The fourth-order valence-electron chi connectivity index (χ4n) is 4.74. The summed E-state index contributed by atoms with van der Waals surface area (Å²) in [7, 11) is 0. The lowest BCUT2D eigenvalue weighted by Gasteiger charge is -2.37. The van der Waals surface area contributed by atoms with E-state index in [2.05, 4.69) is 10.6 Å². The Kier molecular flexibility index (Phi) is 8.50. The van der Waals surface area contributed by atoms with Crippen LogP contribution in [0.5, 0.6) is 0 Å². The van der Waals surface area contributed by atoms with E-state index in [0.717, 1.165) is 11.6 Å². The summed E-state index contributed by atoms with van der Waals surface area (Å²) < 4.78 is 47.6. The molecular formula is C29H33F3N4O5. The summed E-state index contributed by atoms with van der Waals surface area (Å²) in [6, 6.07) is 11.9. The summed E-state index contributed by atoms with van der Waals surface area (Å²) in [6.07, 6.45) is -4.39. The SMILES string of the molecule is CC(C)(C)OC(=O)N1CCN(c2ccc(NC(=O)C3=C(O)C(CCc4ccccc4)NC3=O)cc2C(F)(F)F)CC1. The second kappa shape index (κ2) is 11.7. The highest BCUT2D eigenvalue weighted by Gasteiger charge is 2.38. The maximum absolute atomic E-state index is 14.1. The highest BCUT2D eigenvalue weighted by molar-refractivity contribution is 6.24. The minimum atomic E-state index is -4.74. The third-order valence-electron chi connectivity index (χ3n) is 6.74. The number of nitrogens with one attached hydrogen (secondary N) is 2. The van der Waals surface area contributed by atoms with Crippen LogP contribution in [-0.4, -0.2) is 65.7 Å². The third kappa shape index (κ3) is 7.30. The number of aryl methyl sites for hydroxylation is 1. The number of aliphatic hydroxyl groups excluding tert-OH is 1. The van der Waals surface area contributed by atoms with E-state index < -0.39 is 52.6 Å². The van der Waals surface area contributed by atoms with Gasteiger partial charge in [-0.25, -0.2) is 4.79 Å². The number of nitrogens with zero attached hydrogens (tertiary/aromatic N) is 2. The Balaban J connectivity index is 1.45. The van der Waals surface area contributed by atoms with Gasteiger partial charge in [0.25, 0.3) is 11.8 Å². The maximum atomic E-state index is 14.1. The number of aliphatic hydroxyl groups is 1. The van der Waals surface area contributed by atoms with Gasteiger partial charge < -0.3 is 30.3 Å². The average Bonchev–Trinajstić information content (AvgIpc) is 3.19. The van der Waals surface area contributed by atoms with Gasteiger partial charge in [0.2, 0.25) is 0 Å². The van der Waals surface area contributed by atoms with Crippen LogP contribution in [0.3, 0.4) is 0 Å². The van der Waals surface area contributed by atoms with Gasteiger partial charge >= 0.3 is 12.3 Å². The van der Waals surface area contributed by atoms with Gasteiger partial charge in [0.05, 0.1) is 11.6 Å². The van der Waals surface area contributed by atoms with Crippen LogP contribution in [0.4, 0.5) is 29.3 Å². The number of rotatable bonds is 6. The van der Waals surface area contributed by atoms with Crippen LogP contribution in [0, 0.1) is 0 Å². The molecule has 220 valence electrons. The lowest BCUT2D eigenvalue weighted by Crippen LogP contribution is -2.50. The molecule has 0 spiro atoms. The molecule has 2 aromatic rings. The summed E-state index contributed by atoms with van der Waals surface area (Å²) in [5.41, 5.74) is -1.49. The van der Waals surface area contributed by atoms with Crippen molar-refractivity contribution in [3.8, 4) is 0 Å². The van der Waals surface area contributed by atoms with E-state index in [-0.39, 0.29) is 37.6 Å². The number of hydrogen-bond acceptors (Lipinski definition) is 6. The predicted octanol–water partition coefficient (Wildman–Crippen LogP) is 4.64. The number of alkyl halides is 3. The zero-order valence-electron chi connectivity index (χ0n) is 23.0. The molecule has 0 saturated carbocycles. The van der Waals surface area contributed by atoms with Gasteiger partial charge in [0.15, 0.2) is 0 Å². The molecule has 4 rings (SSSR count). The minimum Gasteiger partial charge on any atom is -0.509 e. The highest BCUT2D eigenvalue weighted by atomic mass is 19.4. The van der Waals surface area contributed by atoms with E-state index in [1.165, 1.54) is 21.9 Å². The Morgan fingerprint density at radius 1 is 1.05 bits per heavy atom. The number of hydrogen-bond donors (Lipinski definition) is 3. The van der Waals surface area contributed by atoms with Crippen LogP contribution in [0.2, 0.25) is 0 Å². The molecular weight excluding hydrogens is 541 g/mol. The lowest BCUT2D eigenvalue weighted by molar-refractivity contribution is -0.137. The lowest BCUT2D eigenvalue weighted by atomic mass is 10.0. The molecule has 1 atom stereocenters. The maximum Gasteiger partial charge on any atom is 0.418 e. The van der Waals surface area contributed by atoms with Gasteiger partial charge in [0.1, 0.15) is 16.9 Å². The Hall–Kier alpha value is -4.22. The standard InChI is InChI=1S/C29H33F3N4O5/c1-28(2,3)41-27(40)36-15-13-35(14-16-36)22-12-10-19(17-20(22)29(30,31)32)33-25(38)23-24(37)21(34-26(23)39)11-9-18-7-5-4-6-8-18/h4-8,10,12,17,21,37H,9,11,13-16H2,1-3H3,(H,33,38)(H,34,39). The molecule has 2 aromatic carbocycles. The first-order chi connectivity index (χ1) is 19.2. The first-order valence-electron chi connectivity index (χ1n) is 13.3. The molecule has 1 fully saturated rings. The van der Waals surface area contributed by atoms with Crippen LogP contribution in [0.25, 0.3) is 0 Å². The van der Waals surface area contributed by atoms with Crippen LogP contribution in [-0.2, 0) is 26.9 Å². The van der Waals surface area contributed by atoms with Crippen molar-refractivity contribution >= 4 is 29.3 Å². The van der Waals surface area contributed by atoms with Crippen molar-refractivity contribution in [1.82, 2.24) is 10.2 Å². The van der Waals surface area contributed by atoms with Crippen molar-refractivity contribution in [2.45, 2.75) is 51.4 Å². The number of ether oxygens (including phenoxy) is 1. The molecule has 1 saturated heterocycles. The van der Waals surface area contributed by atoms with Crippen LogP contribution in [0.15, 0.2) is 59.9 Å².